The number of benzene rings is 2. The molecule has 0 spiro atoms. The smallest absolute Gasteiger partial charge is 0.200 e. The Bertz CT molecular complexity index is 819. The third kappa shape index (κ3) is 3.20. The second-order valence-corrected chi connectivity index (χ2v) is 6.35. The lowest BCUT2D eigenvalue weighted by Crippen LogP contribution is -2.55. The molecular formula is C18H19NO8. The van der Waals surface area contributed by atoms with E-state index >= 15 is 0 Å². The first-order chi connectivity index (χ1) is 12.4. The van der Waals surface area contributed by atoms with E-state index in [0.29, 0.717) is 0 Å². The Kier molecular flexibility index (Phi) is 4.92. The summed E-state index contributed by atoms with van der Waals surface area (Å²) in [7, 11) is 2.88. The summed E-state index contributed by atoms with van der Waals surface area (Å²) in [6.07, 6.45) is 0. The summed E-state index contributed by atoms with van der Waals surface area (Å²) < 4.78 is 0. The highest BCUT2D eigenvalue weighted by Gasteiger charge is 2.44. The van der Waals surface area contributed by atoms with Gasteiger partial charge in [-0.05, 0) is 45.3 Å². The van der Waals surface area contributed by atoms with Gasteiger partial charge < -0.3 is 30.6 Å². The number of likely N-dealkylation sites (N-methyl/N-ethyl adjacent to an activating group) is 1. The van der Waals surface area contributed by atoms with Gasteiger partial charge in [0, 0.05) is 11.1 Å². The van der Waals surface area contributed by atoms with E-state index in [1.165, 1.54) is 25.9 Å². The Morgan fingerprint density at radius 3 is 1.19 bits per heavy atom. The predicted octanol–water partition coefficient (Wildman–Crippen LogP) is 1.31. The molecule has 6 N–H and O–H groups in total. The lowest BCUT2D eigenvalue weighted by molar-refractivity contribution is 0.0599. The van der Waals surface area contributed by atoms with Gasteiger partial charge in [-0.25, -0.2) is 0 Å². The van der Waals surface area contributed by atoms with Crippen LogP contribution in [-0.4, -0.2) is 66.7 Å². The standard InChI is InChI=1S/C18H19NO8/c1-18(19(2)3,16(26)8-4-10(20)14(24)11(21)5-8)17(27)9-6-12(22)15(25)13(23)7-9/h4-7,20-25H,1-3H3. The summed E-state index contributed by atoms with van der Waals surface area (Å²) in [4.78, 5) is 27.3. The third-order valence-electron chi connectivity index (χ3n) is 4.44. The van der Waals surface area contributed by atoms with E-state index < -0.39 is 51.6 Å². The first-order valence-electron chi connectivity index (χ1n) is 7.68. The molecule has 9 nitrogen and oxygen atoms in total. The molecule has 2 aromatic carbocycles. The first-order valence-corrected chi connectivity index (χ1v) is 7.68. The van der Waals surface area contributed by atoms with E-state index in [0.717, 1.165) is 24.3 Å². The minimum atomic E-state index is -1.87. The fourth-order valence-electron chi connectivity index (χ4n) is 2.54. The first kappa shape index (κ1) is 19.9. The molecule has 27 heavy (non-hydrogen) atoms. The fourth-order valence-corrected chi connectivity index (χ4v) is 2.54. The number of hydrogen-bond acceptors (Lipinski definition) is 9. The lowest BCUT2D eigenvalue weighted by atomic mass is 9.82. The van der Waals surface area contributed by atoms with Crippen LogP contribution in [0.4, 0.5) is 0 Å². The van der Waals surface area contributed by atoms with Gasteiger partial charge in [0.15, 0.2) is 46.1 Å². The molecule has 0 atom stereocenters. The lowest BCUT2D eigenvalue weighted by Gasteiger charge is -2.33. The van der Waals surface area contributed by atoms with Gasteiger partial charge in [-0.3, -0.25) is 14.5 Å². The van der Waals surface area contributed by atoms with Crippen LogP contribution in [0.15, 0.2) is 24.3 Å². The molecule has 2 aromatic rings. The molecule has 0 amide bonds. The summed E-state index contributed by atoms with van der Waals surface area (Å²) in [5.74, 6) is -6.24. The van der Waals surface area contributed by atoms with Crippen molar-refractivity contribution < 1.29 is 40.2 Å². The number of phenolic OH excluding ortho intramolecular Hbond substituents is 6. The highest BCUT2D eigenvalue weighted by atomic mass is 16.3. The number of ketones is 2. The third-order valence-corrected chi connectivity index (χ3v) is 4.44. The number of carbonyl (C=O) groups is 2. The van der Waals surface area contributed by atoms with Crippen molar-refractivity contribution in [2.24, 2.45) is 0 Å². The molecule has 0 heterocycles. The average Bonchev–Trinajstić information content (AvgIpc) is 2.61. The second-order valence-electron chi connectivity index (χ2n) is 6.35. The van der Waals surface area contributed by atoms with Crippen LogP contribution >= 0.6 is 0 Å². The number of carbonyl (C=O) groups excluding carboxylic acids is 2. The van der Waals surface area contributed by atoms with Gasteiger partial charge in [0.1, 0.15) is 5.54 Å². The minimum absolute atomic E-state index is 0.250. The molecule has 0 saturated heterocycles. The van der Waals surface area contributed by atoms with Crippen molar-refractivity contribution in [2.45, 2.75) is 12.5 Å². The summed E-state index contributed by atoms with van der Waals surface area (Å²) in [5, 5.41) is 57.4. The Labute approximate surface area is 154 Å². The van der Waals surface area contributed by atoms with Gasteiger partial charge in [0.25, 0.3) is 0 Å². The average molecular weight is 377 g/mol. The molecule has 2 rings (SSSR count). The minimum Gasteiger partial charge on any atom is -0.504 e. The zero-order valence-electron chi connectivity index (χ0n) is 14.8. The Hall–Kier alpha value is -3.46. The van der Waals surface area contributed by atoms with Crippen LogP contribution in [0.25, 0.3) is 0 Å². The normalized spacial score (nSPS) is 11.6. The maximum absolute atomic E-state index is 13.0. The summed E-state index contributed by atoms with van der Waals surface area (Å²) in [5.41, 5.74) is -2.37. The van der Waals surface area contributed by atoms with Crippen molar-refractivity contribution in [3.8, 4) is 34.5 Å². The van der Waals surface area contributed by atoms with Crippen LogP contribution in [0.5, 0.6) is 34.5 Å². The molecular weight excluding hydrogens is 358 g/mol. The van der Waals surface area contributed by atoms with E-state index in [1.54, 1.807) is 0 Å². The van der Waals surface area contributed by atoms with Gasteiger partial charge in [-0.15, -0.1) is 0 Å². The van der Waals surface area contributed by atoms with Gasteiger partial charge in [0.2, 0.25) is 0 Å². The molecule has 144 valence electrons. The van der Waals surface area contributed by atoms with Gasteiger partial charge in [0.05, 0.1) is 0 Å². The van der Waals surface area contributed by atoms with Gasteiger partial charge >= 0.3 is 0 Å². The van der Waals surface area contributed by atoms with Crippen LogP contribution in [0.1, 0.15) is 27.6 Å². The largest absolute Gasteiger partial charge is 0.504 e. The van der Waals surface area contributed by atoms with Crippen LogP contribution in [0.3, 0.4) is 0 Å². The SMILES string of the molecule is CN(C)C(C)(C(=O)c1cc(O)c(O)c(O)c1)C(=O)c1cc(O)c(O)c(O)c1. The molecule has 0 unspecified atom stereocenters. The predicted molar refractivity (Wildman–Crippen MR) is 93.6 cm³/mol. The van der Waals surface area contributed by atoms with Crippen molar-refractivity contribution in [3.63, 3.8) is 0 Å². The zero-order chi connectivity index (χ0) is 20.7. The number of phenols is 6. The van der Waals surface area contributed by atoms with E-state index in [-0.39, 0.29) is 11.1 Å². The van der Waals surface area contributed by atoms with Crippen molar-refractivity contribution in [1.82, 2.24) is 4.90 Å². The maximum Gasteiger partial charge on any atom is 0.200 e. The molecule has 0 fully saturated rings. The number of hydrogen-bond donors (Lipinski definition) is 6. The van der Waals surface area contributed by atoms with Gasteiger partial charge in [-0.1, -0.05) is 0 Å². The Balaban J connectivity index is 2.61. The molecule has 0 saturated carbocycles. The highest BCUT2D eigenvalue weighted by molar-refractivity contribution is 6.23. The molecule has 0 aliphatic heterocycles. The second kappa shape index (κ2) is 6.69. The topological polar surface area (TPSA) is 159 Å². The molecule has 0 bridgehead atoms. The molecule has 9 heteroatoms. The van der Waals surface area contributed by atoms with E-state index in [4.69, 9.17) is 0 Å². The number of aromatic hydroxyl groups is 6. The van der Waals surface area contributed by atoms with Gasteiger partial charge in [-0.2, -0.15) is 0 Å². The van der Waals surface area contributed by atoms with Crippen molar-refractivity contribution in [3.05, 3.63) is 35.4 Å². The van der Waals surface area contributed by atoms with Crippen LogP contribution in [0, 0.1) is 0 Å². The van der Waals surface area contributed by atoms with Crippen LogP contribution in [-0.2, 0) is 0 Å². The van der Waals surface area contributed by atoms with Crippen molar-refractivity contribution in [2.75, 3.05) is 14.1 Å². The van der Waals surface area contributed by atoms with Crippen LogP contribution < -0.4 is 0 Å². The molecule has 0 aromatic heterocycles. The fraction of sp³-hybridized carbons (Fsp3) is 0.222. The summed E-state index contributed by atoms with van der Waals surface area (Å²) in [6.45, 7) is 1.28. The van der Waals surface area contributed by atoms with Crippen molar-refractivity contribution >= 4 is 11.6 Å². The van der Waals surface area contributed by atoms with E-state index in [9.17, 15) is 40.2 Å². The van der Waals surface area contributed by atoms with Crippen molar-refractivity contribution in [1.29, 1.82) is 0 Å². The van der Waals surface area contributed by atoms with Crippen LogP contribution in [0.2, 0.25) is 0 Å². The molecule has 0 aliphatic rings. The summed E-state index contributed by atoms with van der Waals surface area (Å²) >= 11 is 0. The zero-order valence-corrected chi connectivity index (χ0v) is 14.8. The monoisotopic (exact) mass is 377 g/mol. The number of rotatable bonds is 5. The number of nitrogens with zero attached hydrogens (tertiary/aromatic N) is 1. The number of Topliss-reactive ketones (excluding diaryl/α,β-unsaturated/α-hetero) is 2. The van der Waals surface area contributed by atoms with E-state index in [1.807, 2.05) is 0 Å². The molecule has 0 radical (unpaired) electrons. The Morgan fingerprint density at radius 1 is 0.704 bits per heavy atom. The quantitative estimate of drug-likeness (QED) is 0.256. The summed E-state index contributed by atoms with van der Waals surface area (Å²) in [6, 6.07) is 3.60. The van der Waals surface area contributed by atoms with E-state index in [2.05, 4.69) is 0 Å². The maximum atomic E-state index is 13.0. The highest BCUT2D eigenvalue weighted by Crippen LogP contribution is 2.39. The molecule has 0 aliphatic carbocycles. The Morgan fingerprint density at radius 2 is 0.963 bits per heavy atom.